The lowest BCUT2D eigenvalue weighted by Gasteiger charge is -2.29. The third-order valence-corrected chi connectivity index (χ3v) is 3.82. The maximum Gasteiger partial charge on any atom is 0.326 e. The number of carbonyl (C=O) groups excluding carboxylic acids is 2. The Bertz CT molecular complexity index is 607. The lowest BCUT2D eigenvalue weighted by atomic mass is 9.84. The second kappa shape index (κ2) is 5.16. The van der Waals surface area contributed by atoms with Gasteiger partial charge in [0.15, 0.2) is 11.2 Å². The van der Waals surface area contributed by atoms with Gasteiger partial charge in [-0.1, -0.05) is 15.9 Å². The van der Waals surface area contributed by atoms with Gasteiger partial charge in [-0.2, -0.15) is 0 Å². The summed E-state index contributed by atoms with van der Waals surface area (Å²) in [6.07, 6.45) is -3.46. The SMILES string of the molecule is CC(C)(C)OC(=O)C1(C(F)F)Cc2cc(Br)ccc2C1=O. The van der Waals surface area contributed by atoms with E-state index < -0.39 is 29.2 Å². The van der Waals surface area contributed by atoms with Crippen LogP contribution in [0.4, 0.5) is 8.78 Å². The molecule has 3 nitrogen and oxygen atoms in total. The number of carbonyl (C=O) groups is 2. The first-order valence-corrected chi connectivity index (χ1v) is 7.22. The van der Waals surface area contributed by atoms with E-state index in [-0.39, 0.29) is 12.0 Å². The van der Waals surface area contributed by atoms with Crippen molar-refractivity contribution in [3.05, 3.63) is 33.8 Å². The highest BCUT2D eigenvalue weighted by atomic mass is 79.9. The van der Waals surface area contributed by atoms with Crippen LogP contribution in [0.1, 0.15) is 36.7 Å². The zero-order valence-electron chi connectivity index (χ0n) is 11.9. The monoisotopic (exact) mass is 360 g/mol. The second-order valence-corrected chi connectivity index (χ2v) is 7.00. The highest BCUT2D eigenvalue weighted by Gasteiger charge is 2.60. The molecule has 0 saturated heterocycles. The highest BCUT2D eigenvalue weighted by molar-refractivity contribution is 9.10. The molecule has 0 saturated carbocycles. The highest BCUT2D eigenvalue weighted by Crippen LogP contribution is 2.44. The molecule has 2 rings (SSSR count). The number of rotatable bonds is 2. The predicted molar refractivity (Wildman–Crippen MR) is 76.5 cm³/mol. The predicted octanol–water partition coefficient (Wildman–Crippen LogP) is 3.78. The van der Waals surface area contributed by atoms with Crippen LogP contribution in [0.25, 0.3) is 0 Å². The number of hydrogen-bond acceptors (Lipinski definition) is 3. The minimum atomic E-state index is -3.12. The first kappa shape index (κ1) is 16.1. The van der Waals surface area contributed by atoms with Crippen LogP contribution in [-0.2, 0) is 16.0 Å². The van der Waals surface area contributed by atoms with Gasteiger partial charge in [0, 0.05) is 16.5 Å². The van der Waals surface area contributed by atoms with E-state index in [0.717, 1.165) is 0 Å². The molecule has 0 spiro atoms. The molecule has 1 atom stereocenters. The lowest BCUT2D eigenvalue weighted by Crippen LogP contribution is -2.47. The molecule has 0 heterocycles. The Morgan fingerprint density at radius 3 is 2.52 bits per heavy atom. The summed E-state index contributed by atoms with van der Waals surface area (Å²) in [7, 11) is 0. The Hall–Kier alpha value is -1.30. The van der Waals surface area contributed by atoms with E-state index in [9.17, 15) is 18.4 Å². The fourth-order valence-corrected chi connectivity index (χ4v) is 2.76. The van der Waals surface area contributed by atoms with Gasteiger partial charge in [-0.25, -0.2) is 8.78 Å². The molecule has 1 aliphatic carbocycles. The molecule has 21 heavy (non-hydrogen) atoms. The number of benzene rings is 1. The van der Waals surface area contributed by atoms with Crippen molar-refractivity contribution in [2.45, 2.75) is 39.2 Å². The number of hydrogen-bond donors (Lipinski definition) is 0. The van der Waals surface area contributed by atoms with E-state index in [0.29, 0.717) is 10.0 Å². The van der Waals surface area contributed by atoms with Crippen LogP contribution in [0.3, 0.4) is 0 Å². The molecule has 6 heteroatoms. The number of ether oxygens (including phenoxy) is 1. The van der Waals surface area contributed by atoms with E-state index in [4.69, 9.17) is 4.74 Å². The zero-order chi connectivity index (χ0) is 16.0. The van der Waals surface area contributed by atoms with E-state index in [1.807, 2.05) is 0 Å². The van der Waals surface area contributed by atoms with Crippen molar-refractivity contribution in [2.75, 3.05) is 0 Å². The number of esters is 1. The molecule has 0 bridgehead atoms. The molecule has 0 aromatic heterocycles. The summed E-state index contributed by atoms with van der Waals surface area (Å²) in [6, 6.07) is 4.63. The van der Waals surface area contributed by atoms with Gasteiger partial charge in [0.2, 0.25) is 0 Å². The molecule has 0 aliphatic heterocycles. The van der Waals surface area contributed by atoms with Gasteiger partial charge in [0.25, 0.3) is 6.43 Å². The Balaban J connectivity index is 2.47. The van der Waals surface area contributed by atoms with Gasteiger partial charge in [0.05, 0.1) is 0 Å². The summed E-state index contributed by atoms with van der Waals surface area (Å²) in [5.74, 6) is -2.03. The quantitative estimate of drug-likeness (QED) is 0.595. The van der Waals surface area contributed by atoms with E-state index in [1.165, 1.54) is 6.07 Å². The summed E-state index contributed by atoms with van der Waals surface area (Å²) < 4.78 is 32.9. The molecule has 114 valence electrons. The fraction of sp³-hybridized carbons (Fsp3) is 0.467. The van der Waals surface area contributed by atoms with Crippen molar-refractivity contribution in [2.24, 2.45) is 5.41 Å². The van der Waals surface area contributed by atoms with Crippen LogP contribution in [0.5, 0.6) is 0 Å². The average molecular weight is 361 g/mol. The molecule has 0 fully saturated rings. The van der Waals surface area contributed by atoms with Crippen LogP contribution in [0.2, 0.25) is 0 Å². The van der Waals surface area contributed by atoms with Crippen molar-refractivity contribution in [3.8, 4) is 0 Å². The summed E-state index contributed by atoms with van der Waals surface area (Å²) in [5, 5.41) is 0. The van der Waals surface area contributed by atoms with Crippen LogP contribution < -0.4 is 0 Å². The maximum absolute atomic E-state index is 13.6. The number of ketones is 1. The van der Waals surface area contributed by atoms with Gasteiger partial charge in [0.1, 0.15) is 5.60 Å². The van der Waals surface area contributed by atoms with Crippen LogP contribution in [0.15, 0.2) is 22.7 Å². The topological polar surface area (TPSA) is 43.4 Å². The van der Waals surface area contributed by atoms with Crippen LogP contribution >= 0.6 is 15.9 Å². The molecular formula is C15H15BrF2O3. The Labute approximate surface area is 129 Å². The number of halogens is 3. The smallest absolute Gasteiger partial charge is 0.326 e. The minimum absolute atomic E-state index is 0.157. The summed E-state index contributed by atoms with van der Waals surface area (Å²) in [5.41, 5.74) is -2.78. The van der Waals surface area contributed by atoms with Gasteiger partial charge in [-0.3, -0.25) is 9.59 Å². The Morgan fingerprint density at radius 1 is 1.38 bits per heavy atom. The normalized spacial score (nSPS) is 21.6. The third kappa shape index (κ3) is 2.73. The van der Waals surface area contributed by atoms with Crippen LogP contribution in [-0.4, -0.2) is 23.8 Å². The lowest BCUT2D eigenvalue weighted by molar-refractivity contribution is -0.171. The Morgan fingerprint density at radius 2 is 2.00 bits per heavy atom. The Kier molecular flexibility index (Phi) is 3.95. The number of alkyl halides is 2. The van der Waals surface area contributed by atoms with Crippen molar-refractivity contribution in [3.63, 3.8) is 0 Å². The molecule has 0 radical (unpaired) electrons. The van der Waals surface area contributed by atoms with E-state index in [2.05, 4.69) is 15.9 Å². The number of fused-ring (bicyclic) bond motifs is 1. The number of Topliss-reactive ketones (excluding diaryl/α,β-unsaturated/α-hetero) is 1. The standard InChI is InChI=1S/C15H15BrF2O3/c1-14(2,3)21-13(20)15(12(17)18)7-8-6-9(16)4-5-10(8)11(15)19/h4-6,12H,7H2,1-3H3. The van der Waals surface area contributed by atoms with Crippen LogP contribution in [0, 0.1) is 5.41 Å². The molecule has 1 aromatic carbocycles. The van der Waals surface area contributed by atoms with E-state index >= 15 is 0 Å². The third-order valence-electron chi connectivity index (χ3n) is 3.32. The molecule has 1 aliphatic rings. The van der Waals surface area contributed by atoms with Crippen molar-refractivity contribution >= 4 is 27.7 Å². The van der Waals surface area contributed by atoms with Gasteiger partial charge < -0.3 is 4.74 Å². The molecule has 1 unspecified atom stereocenters. The summed E-state index contributed by atoms with van der Waals surface area (Å²) in [6.45, 7) is 4.73. The summed E-state index contributed by atoms with van der Waals surface area (Å²) in [4.78, 5) is 24.7. The van der Waals surface area contributed by atoms with E-state index in [1.54, 1.807) is 32.9 Å². The molecule has 0 amide bonds. The molecule has 0 N–H and O–H groups in total. The average Bonchev–Trinajstić information content (AvgIpc) is 2.61. The molecular weight excluding hydrogens is 346 g/mol. The zero-order valence-corrected chi connectivity index (χ0v) is 13.5. The van der Waals surface area contributed by atoms with Gasteiger partial charge >= 0.3 is 5.97 Å². The largest absolute Gasteiger partial charge is 0.459 e. The van der Waals surface area contributed by atoms with Crippen molar-refractivity contribution < 1.29 is 23.1 Å². The van der Waals surface area contributed by atoms with Gasteiger partial charge in [-0.05, 0) is 44.5 Å². The first-order valence-electron chi connectivity index (χ1n) is 6.43. The minimum Gasteiger partial charge on any atom is -0.459 e. The molecule has 1 aromatic rings. The first-order chi connectivity index (χ1) is 9.58. The maximum atomic E-state index is 13.6. The fourth-order valence-electron chi connectivity index (χ4n) is 2.35. The van der Waals surface area contributed by atoms with Crippen molar-refractivity contribution in [1.29, 1.82) is 0 Å². The second-order valence-electron chi connectivity index (χ2n) is 6.08. The summed E-state index contributed by atoms with van der Waals surface area (Å²) >= 11 is 3.23. The van der Waals surface area contributed by atoms with Gasteiger partial charge in [-0.15, -0.1) is 0 Å². The van der Waals surface area contributed by atoms with Crippen molar-refractivity contribution in [1.82, 2.24) is 0 Å².